The molecule has 0 saturated carbocycles. The van der Waals surface area contributed by atoms with Gasteiger partial charge in [-0.2, -0.15) is 0 Å². The number of piperidine rings is 1. The van der Waals surface area contributed by atoms with Crippen LogP contribution in [0.2, 0.25) is 0 Å². The Labute approximate surface area is 389 Å². The van der Waals surface area contributed by atoms with E-state index in [1.54, 1.807) is 58.3 Å². The number of anilines is 1. The second kappa shape index (κ2) is 21.0. The molecule has 3 aliphatic rings. The number of phenolic OH excluding ortho intramolecular Hbond substituents is 1. The monoisotopic (exact) mass is 933 g/mol. The molecule has 8 rings (SSSR count). The second-order valence-electron chi connectivity index (χ2n) is 16.7. The van der Waals surface area contributed by atoms with E-state index in [0.717, 1.165) is 39.7 Å². The summed E-state index contributed by atoms with van der Waals surface area (Å²) in [5.41, 5.74) is 3.90. The van der Waals surface area contributed by atoms with Gasteiger partial charge < -0.3 is 38.8 Å². The maximum absolute atomic E-state index is 13.3. The number of amides is 4. The van der Waals surface area contributed by atoms with Gasteiger partial charge in [0, 0.05) is 86.3 Å². The minimum absolute atomic E-state index is 0.0377. The number of aromatic hydroxyl groups is 1. The molecule has 3 heterocycles. The molecule has 67 heavy (non-hydrogen) atoms. The van der Waals surface area contributed by atoms with E-state index in [2.05, 4.69) is 22.0 Å². The number of nitrogens with zero attached hydrogens (tertiary/aromatic N) is 4. The van der Waals surface area contributed by atoms with E-state index in [1.165, 1.54) is 6.26 Å². The Morgan fingerprint density at radius 1 is 0.821 bits per heavy atom. The molecule has 1 unspecified atom stereocenters. The number of sulfone groups is 1. The first-order valence-electron chi connectivity index (χ1n) is 22.5. The van der Waals surface area contributed by atoms with Gasteiger partial charge in [0.1, 0.15) is 42.3 Å². The Balaban J connectivity index is 0.727. The van der Waals surface area contributed by atoms with Crippen molar-refractivity contribution < 1.29 is 51.6 Å². The average Bonchev–Trinajstić information content (AvgIpc) is 3.66. The topological polar surface area (TPSA) is 185 Å². The maximum Gasteiger partial charge on any atom is 0.255 e. The van der Waals surface area contributed by atoms with Crippen LogP contribution in [0.5, 0.6) is 23.0 Å². The van der Waals surface area contributed by atoms with Crippen LogP contribution in [-0.4, -0.2) is 143 Å². The fourth-order valence-electron chi connectivity index (χ4n) is 8.68. The van der Waals surface area contributed by atoms with E-state index in [-0.39, 0.29) is 41.4 Å². The number of benzene rings is 5. The number of carbonyl (C=O) groups is 4. The van der Waals surface area contributed by atoms with E-state index in [0.29, 0.717) is 101 Å². The zero-order valence-electron chi connectivity index (χ0n) is 37.6. The summed E-state index contributed by atoms with van der Waals surface area (Å²) < 4.78 is 48.2. The number of carbonyl (C=O) groups excluding carboxylic acids is 4. The molecule has 4 amide bonds. The van der Waals surface area contributed by atoms with Crippen molar-refractivity contribution in [3.8, 4) is 34.1 Å². The molecule has 2 saturated heterocycles. The number of hydrogen-bond donors (Lipinski definition) is 2. The first kappa shape index (κ1) is 47.0. The number of piperazine rings is 1. The van der Waals surface area contributed by atoms with E-state index in [4.69, 9.17) is 18.9 Å². The van der Waals surface area contributed by atoms with Crippen molar-refractivity contribution in [1.82, 2.24) is 20.0 Å². The van der Waals surface area contributed by atoms with E-state index in [9.17, 15) is 32.7 Å². The predicted octanol–water partition coefficient (Wildman–Crippen LogP) is 5.25. The predicted molar refractivity (Wildman–Crippen MR) is 251 cm³/mol. The molecule has 0 radical (unpaired) electrons. The van der Waals surface area contributed by atoms with Crippen molar-refractivity contribution in [2.45, 2.75) is 37.2 Å². The van der Waals surface area contributed by atoms with Gasteiger partial charge in [0.05, 0.1) is 24.7 Å². The van der Waals surface area contributed by atoms with Crippen LogP contribution in [0.3, 0.4) is 0 Å². The van der Waals surface area contributed by atoms with Crippen LogP contribution in [0, 0.1) is 0 Å². The molecule has 0 aromatic heterocycles. The zero-order valence-corrected chi connectivity index (χ0v) is 38.5. The molecule has 0 bridgehead atoms. The van der Waals surface area contributed by atoms with Crippen LogP contribution in [0.1, 0.15) is 35.7 Å². The number of hydrogen-bond acceptors (Lipinski definition) is 13. The third-order valence-corrected chi connectivity index (χ3v) is 13.5. The molecule has 3 aliphatic heterocycles. The van der Waals surface area contributed by atoms with Crippen LogP contribution >= 0.6 is 0 Å². The van der Waals surface area contributed by atoms with Crippen LogP contribution in [0.25, 0.3) is 21.9 Å². The molecular weight excluding hydrogens is 879 g/mol. The standard InChI is InChI=1S/C50H55N5O11S/c1-3-52(26-28-65-37-11-13-38(14-12-37)66-48-40(17-9-35-31-36(56)10-18-41(35)48)34-7-15-39(16-8-34)67(2,61)62)25-27-63-29-30-64-33-47(58)54-23-21-53(22-24-54)44-6-4-5-42-43(44)32-55(50(42)60)45-19-20-46(57)51-49(45)59/h4-18,31,45,56H,3,19-30,32-33H2,1-2H3,(H,51,57,59). The summed E-state index contributed by atoms with van der Waals surface area (Å²) in [6.07, 6.45) is 1.69. The third-order valence-electron chi connectivity index (χ3n) is 12.4. The van der Waals surface area contributed by atoms with Gasteiger partial charge in [0.25, 0.3) is 5.91 Å². The van der Waals surface area contributed by atoms with Gasteiger partial charge in [-0.3, -0.25) is 29.4 Å². The molecule has 352 valence electrons. The van der Waals surface area contributed by atoms with Crippen LogP contribution in [-0.2, 0) is 40.2 Å². The number of rotatable bonds is 19. The molecule has 2 fully saturated rings. The molecule has 0 aliphatic carbocycles. The summed E-state index contributed by atoms with van der Waals surface area (Å²) in [5.74, 6) is 0.924. The van der Waals surface area contributed by atoms with Crippen molar-refractivity contribution in [2.75, 3.05) is 90.0 Å². The smallest absolute Gasteiger partial charge is 0.255 e. The lowest BCUT2D eigenvalue weighted by atomic mass is 9.99. The molecule has 5 aromatic rings. The van der Waals surface area contributed by atoms with Crippen molar-refractivity contribution in [2.24, 2.45) is 0 Å². The van der Waals surface area contributed by atoms with E-state index < -0.39 is 21.8 Å². The fraction of sp³-hybridized carbons (Fsp3) is 0.360. The summed E-state index contributed by atoms with van der Waals surface area (Å²) >= 11 is 0. The Morgan fingerprint density at radius 3 is 2.28 bits per heavy atom. The average molecular weight is 934 g/mol. The zero-order chi connectivity index (χ0) is 47.1. The quantitative estimate of drug-likeness (QED) is 0.0810. The van der Waals surface area contributed by atoms with Gasteiger partial charge in [-0.05, 0) is 96.7 Å². The van der Waals surface area contributed by atoms with Gasteiger partial charge in [-0.15, -0.1) is 0 Å². The van der Waals surface area contributed by atoms with Gasteiger partial charge in [-0.1, -0.05) is 31.2 Å². The van der Waals surface area contributed by atoms with E-state index >= 15 is 0 Å². The lowest BCUT2D eigenvalue weighted by Crippen LogP contribution is -2.52. The summed E-state index contributed by atoms with van der Waals surface area (Å²) in [5, 5.41) is 14.0. The first-order chi connectivity index (χ1) is 32.4. The number of imide groups is 1. The summed E-state index contributed by atoms with van der Waals surface area (Å²) in [4.78, 5) is 58.4. The minimum atomic E-state index is -3.35. The SMILES string of the molecule is CCN(CCOCCOCC(=O)N1CCN(c2cccc3c2CN(C2CCC(=O)NC2=O)C3=O)CC1)CCOc1ccc(Oc2c(-c3ccc(S(C)(=O)=O)cc3)ccc3cc(O)ccc23)cc1. The number of likely N-dealkylation sites (N-methyl/N-ethyl adjacent to an activating group) is 1. The summed E-state index contributed by atoms with van der Waals surface area (Å²) in [6.45, 7) is 8.35. The minimum Gasteiger partial charge on any atom is -0.508 e. The van der Waals surface area contributed by atoms with Gasteiger partial charge in [-0.25, -0.2) is 8.42 Å². The van der Waals surface area contributed by atoms with Crippen molar-refractivity contribution in [3.05, 3.63) is 108 Å². The highest BCUT2D eigenvalue weighted by molar-refractivity contribution is 7.90. The molecule has 16 nitrogen and oxygen atoms in total. The highest BCUT2D eigenvalue weighted by atomic mass is 32.2. The largest absolute Gasteiger partial charge is 0.508 e. The molecule has 0 spiro atoms. The van der Waals surface area contributed by atoms with Crippen molar-refractivity contribution in [1.29, 1.82) is 0 Å². The van der Waals surface area contributed by atoms with Gasteiger partial charge in [0.2, 0.25) is 17.7 Å². The highest BCUT2D eigenvalue weighted by Crippen LogP contribution is 2.41. The Hall–Kier alpha value is -6.53. The number of fused-ring (bicyclic) bond motifs is 2. The number of phenols is 1. The van der Waals surface area contributed by atoms with Gasteiger partial charge >= 0.3 is 0 Å². The summed E-state index contributed by atoms with van der Waals surface area (Å²) in [6, 6.07) is 27.8. The van der Waals surface area contributed by atoms with Crippen molar-refractivity contribution in [3.63, 3.8) is 0 Å². The number of nitrogens with one attached hydrogen (secondary N) is 1. The van der Waals surface area contributed by atoms with Gasteiger partial charge in [0.15, 0.2) is 9.84 Å². The molecule has 2 N–H and O–H groups in total. The fourth-order valence-corrected chi connectivity index (χ4v) is 9.31. The van der Waals surface area contributed by atoms with Crippen LogP contribution in [0.15, 0.2) is 102 Å². The van der Waals surface area contributed by atoms with Crippen LogP contribution in [0.4, 0.5) is 5.69 Å². The first-order valence-corrected chi connectivity index (χ1v) is 24.4. The molecule has 5 aromatic carbocycles. The third kappa shape index (κ3) is 11.2. The lowest BCUT2D eigenvalue weighted by Gasteiger charge is -2.37. The Morgan fingerprint density at radius 2 is 1.55 bits per heavy atom. The Kier molecular flexibility index (Phi) is 14.7. The molecular formula is C50H55N5O11S. The van der Waals surface area contributed by atoms with Crippen LogP contribution < -0.4 is 19.7 Å². The normalized spacial score (nSPS) is 16.4. The molecule has 1 atom stereocenters. The highest BCUT2D eigenvalue weighted by Gasteiger charge is 2.40. The summed E-state index contributed by atoms with van der Waals surface area (Å²) in [7, 11) is -3.35. The van der Waals surface area contributed by atoms with Crippen molar-refractivity contribution >= 4 is 49.9 Å². The number of ether oxygens (including phenoxy) is 4. The molecule has 17 heteroatoms. The maximum atomic E-state index is 13.3. The second-order valence-corrected chi connectivity index (χ2v) is 18.8. The Bertz CT molecular complexity index is 2720. The van der Waals surface area contributed by atoms with E-state index in [1.807, 2.05) is 48.5 Å². The lowest BCUT2D eigenvalue weighted by molar-refractivity contribution is -0.137.